The van der Waals surface area contributed by atoms with Crippen molar-refractivity contribution in [2.45, 2.75) is 49.6 Å². The average Bonchev–Trinajstić information content (AvgIpc) is 2.73. The second-order valence-corrected chi connectivity index (χ2v) is 5.33. The number of rotatable bonds is 3. The molecule has 0 fully saturated rings. The molecule has 0 N–H and O–H groups in total. The summed E-state index contributed by atoms with van der Waals surface area (Å²) in [4.78, 5) is 0. The minimum Gasteiger partial charge on any atom is -0.266 e. The second-order valence-electron chi connectivity index (χ2n) is 5.33. The van der Waals surface area contributed by atoms with Crippen molar-refractivity contribution in [1.29, 1.82) is 0 Å². The van der Waals surface area contributed by atoms with Gasteiger partial charge < -0.3 is 0 Å². The summed E-state index contributed by atoms with van der Waals surface area (Å²) in [6.07, 6.45) is -5.94. The standard InChI is InChI=1S/C12H11F9N2/c1-23-8(6-4-2-3-5-7(6)22-23)9(13,14)10(15,16)11(17,18)12(19,20)21/h2-5H2,1H3. The first-order chi connectivity index (χ1) is 10.2. The van der Waals surface area contributed by atoms with Crippen molar-refractivity contribution >= 4 is 0 Å². The van der Waals surface area contributed by atoms with Gasteiger partial charge >= 0.3 is 23.9 Å². The molecule has 11 heteroatoms. The lowest BCUT2D eigenvalue weighted by atomic mass is 9.91. The van der Waals surface area contributed by atoms with E-state index in [-0.39, 0.29) is 28.8 Å². The highest BCUT2D eigenvalue weighted by molar-refractivity contribution is 5.34. The first-order valence-corrected chi connectivity index (χ1v) is 6.50. The van der Waals surface area contributed by atoms with Crippen molar-refractivity contribution < 1.29 is 39.5 Å². The quantitative estimate of drug-likeness (QED) is 0.743. The molecule has 0 radical (unpaired) electrons. The van der Waals surface area contributed by atoms with E-state index in [1.54, 1.807) is 0 Å². The summed E-state index contributed by atoms with van der Waals surface area (Å²) in [5.41, 5.74) is -1.97. The molecule has 0 atom stereocenters. The number of fused-ring (bicyclic) bond motifs is 1. The van der Waals surface area contributed by atoms with E-state index in [2.05, 4.69) is 5.10 Å². The molecule has 1 aromatic rings. The Morgan fingerprint density at radius 1 is 0.826 bits per heavy atom. The Morgan fingerprint density at radius 3 is 1.87 bits per heavy atom. The highest BCUT2D eigenvalue weighted by Crippen LogP contribution is 2.57. The van der Waals surface area contributed by atoms with Gasteiger partial charge in [0, 0.05) is 12.6 Å². The van der Waals surface area contributed by atoms with E-state index in [1.807, 2.05) is 0 Å². The zero-order chi connectivity index (χ0) is 17.8. The molecule has 23 heavy (non-hydrogen) atoms. The second kappa shape index (κ2) is 5.04. The maximum atomic E-state index is 14.1. The molecular formula is C12H11F9N2. The van der Waals surface area contributed by atoms with Crippen LogP contribution < -0.4 is 0 Å². The van der Waals surface area contributed by atoms with E-state index in [0.717, 1.165) is 7.05 Å². The van der Waals surface area contributed by atoms with E-state index < -0.39 is 29.6 Å². The summed E-state index contributed by atoms with van der Waals surface area (Å²) in [6, 6.07) is 0. The number of alkyl halides is 9. The van der Waals surface area contributed by atoms with Crippen LogP contribution in [0.5, 0.6) is 0 Å². The molecule has 1 aliphatic carbocycles. The summed E-state index contributed by atoms with van der Waals surface area (Å²) in [5, 5.41) is 3.55. The van der Waals surface area contributed by atoms with Crippen LogP contribution in [0.25, 0.3) is 0 Å². The molecule has 0 unspecified atom stereocenters. The largest absolute Gasteiger partial charge is 0.460 e. The zero-order valence-corrected chi connectivity index (χ0v) is 11.6. The minimum atomic E-state index is -6.89. The lowest BCUT2D eigenvalue weighted by Crippen LogP contribution is -2.60. The molecule has 0 bridgehead atoms. The number of aromatic nitrogens is 2. The van der Waals surface area contributed by atoms with Gasteiger partial charge in [-0.25, -0.2) is 0 Å². The van der Waals surface area contributed by atoms with Gasteiger partial charge in [0.1, 0.15) is 5.69 Å². The van der Waals surface area contributed by atoms with Gasteiger partial charge in [0.15, 0.2) is 0 Å². The smallest absolute Gasteiger partial charge is 0.266 e. The van der Waals surface area contributed by atoms with Crippen molar-refractivity contribution in [3.63, 3.8) is 0 Å². The maximum Gasteiger partial charge on any atom is 0.460 e. The van der Waals surface area contributed by atoms with Gasteiger partial charge in [-0.05, 0) is 25.7 Å². The summed E-state index contributed by atoms with van der Waals surface area (Å²) in [6.45, 7) is 0. The number of hydrogen-bond donors (Lipinski definition) is 0. The Balaban J connectivity index is 2.60. The Hall–Kier alpha value is -1.42. The molecule has 1 aliphatic rings. The normalized spacial score (nSPS) is 17.3. The fraction of sp³-hybridized carbons (Fsp3) is 0.750. The van der Waals surface area contributed by atoms with Crippen molar-refractivity contribution in [3.8, 4) is 0 Å². The van der Waals surface area contributed by atoms with Gasteiger partial charge in [-0.1, -0.05) is 0 Å². The van der Waals surface area contributed by atoms with Gasteiger partial charge in [0.05, 0.1) is 5.69 Å². The Morgan fingerprint density at radius 2 is 1.35 bits per heavy atom. The number of halogens is 9. The van der Waals surface area contributed by atoms with Gasteiger partial charge in [0.25, 0.3) is 0 Å². The molecule has 2 nitrogen and oxygen atoms in total. The highest BCUT2D eigenvalue weighted by Gasteiger charge is 2.82. The van der Waals surface area contributed by atoms with Crippen LogP contribution in [0.3, 0.4) is 0 Å². The summed E-state index contributed by atoms with van der Waals surface area (Å²) in [5.74, 6) is -19.3. The first kappa shape index (κ1) is 17.9. The molecule has 0 saturated carbocycles. The fourth-order valence-electron chi connectivity index (χ4n) is 2.60. The summed E-state index contributed by atoms with van der Waals surface area (Å²) >= 11 is 0. The summed E-state index contributed by atoms with van der Waals surface area (Å²) in [7, 11) is 0.809. The lowest BCUT2D eigenvalue weighted by molar-refractivity contribution is -0.400. The maximum absolute atomic E-state index is 14.1. The van der Waals surface area contributed by atoms with Crippen LogP contribution in [-0.2, 0) is 25.8 Å². The van der Waals surface area contributed by atoms with E-state index in [0.29, 0.717) is 12.8 Å². The number of hydrogen-bond acceptors (Lipinski definition) is 1. The SMILES string of the molecule is Cn1nc2c(c1C(F)(F)C(F)(F)C(F)(F)C(F)(F)F)CCCC2. The zero-order valence-electron chi connectivity index (χ0n) is 11.6. The van der Waals surface area contributed by atoms with Crippen LogP contribution in [0.1, 0.15) is 29.8 Å². The van der Waals surface area contributed by atoms with Crippen LogP contribution in [0.4, 0.5) is 39.5 Å². The Kier molecular flexibility index (Phi) is 3.93. The predicted octanol–water partition coefficient (Wildman–Crippen LogP) is 4.22. The average molecular weight is 354 g/mol. The fourth-order valence-corrected chi connectivity index (χ4v) is 2.60. The molecule has 0 aliphatic heterocycles. The van der Waals surface area contributed by atoms with Crippen LogP contribution >= 0.6 is 0 Å². The predicted molar refractivity (Wildman–Crippen MR) is 59.7 cm³/mol. The van der Waals surface area contributed by atoms with Crippen LogP contribution in [0, 0.1) is 0 Å². The Bertz CT molecular complexity index is 600. The molecule has 1 aromatic heterocycles. The third-order valence-corrected chi connectivity index (χ3v) is 3.76. The van der Waals surface area contributed by atoms with Crippen molar-refractivity contribution in [1.82, 2.24) is 9.78 Å². The Labute approximate surface area is 124 Å². The minimum absolute atomic E-state index is 0.0135. The summed E-state index contributed by atoms with van der Waals surface area (Å²) < 4.78 is 118. The van der Waals surface area contributed by atoms with Gasteiger partial charge in [-0.2, -0.15) is 44.6 Å². The molecule has 1 heterocycles. The van der Waals surface area contributed by atoms with Crippen molar-refractivity contribution in [3.05, 3.63) is 17.0 Å². The van der Waals surface area contributed by atoms with Crippen LogP contribution in [0.2, 0.25) is 0 Å². The van der Waals surface area contributed by atoms with Crippen LogP contribution in [0.15, 0.2) is 0 Å². The molecule has 2 rings (SSSR count). The van der Waals surface area contributed by atoms with Crippen molar-refractivity contribution in [2.24, 2.45) is 7.05 Å². The van der Waals surface area contributed by atoms with E-state index in [1.165, 1.54) is 0 Å². The third-order valence-electron chi connectivity index (χ3n) is 3.76. The number of aryl methyl sites for hydroxylation is 2. The first-order valence-electron chi connectivity index (χ1n) is 6.50. The van der Waals surface area contributed by atoms with Gasteiger partial charge in [-0.3, -0.25) is 4.68 Å². The molecular weight excluding hydrogens is 343 g/mol. The van der Waals surface area contributed by atoms with E-state index in [9.17, 15) is 39.5 Å². The van der Waals surface area contributed by atoms with Crippen LogP contribution in [-0.4, -0.2) is 27.8 Å². The molecule has 0 spiro atoms. The van der Waals surface area contributed by atoms with E-state index in [4.69, 9.17) is 0 Å². The third kappa shape index (κ3) is 2.38. The molecule has 0 saturated heterocycles. The number of nitrogens with zero attached hydrogens (tertiary/aromatic N) is 2. The molecule has 132 valence electrons. The van der Waals surface area contributed by atoms with Gasteiger partial charge in [0.2, 0.25) is 0 Å². The topological polar surface area (TPSA) is 17.8 Å². The van der Waals surface area contributed by atoms with Gasteiger partial charge in [-0.15, -0.1) is 0 Å². The molecule has 0 aromatic carbocycles. The van der Waals surface area contributed by atoms with E-state index >= 15 is 0 Å². The monoisotopic (exact) mass is 354 g/mol. The highest BCUT2D eigenvalue weighted by atomic mass is 19.4. The van der Waals surface area contributed by atoms with Crippen molar-refractivity contribution in [2.75, 3.05) is 0 Å². The lowest BCUT2D eigenvalue weighted by Gasteiger charge is -2.34. The molecule has 0 amide bonds.